The third-order valence-electron chi connectivity index (χ3n) is 5.30. The summed E-state index contributed by atoms with van der Waals surface area (Å²) in [6.45, 7) is 7.37. The lowest BCUT2D eigenvalue weighted by Crippen LogP contribution is -2.48. The third-order valence-corrected chi connectivity index (χ3v) is 5.30. The smallest absolute Gasteiger partial charge is 0.289 e. The van der Waals surface area contributed by atoms with E-state index in [1.807, 2.05) is 12.1 Å². The summed E-state index contributed by atoms with van der Waals surface area (Å²) in [4.78, 5) is 38.5. The van der Waals surface area contributed by atoms with Gasteiger partial charge in [-0.25, -0.2) is 0 Å². The summed E-state index contributed by atoms with van der Waals surface area (Å²) < 4.78 is 5.15. The number of hydrogen-bond donors (Lipinski definition) is 2. The summed E-state index contributed by atoms with van der Waals surface area (Å²) in [7, 11) is 0. The summed E-state index contributed by atoms with van der Waals surface area (Å²) in [6, 6.07) is 10.8. The van der Waals surface area contributed by atoms with Crippen molar-refractivity contribution in [2.45, 2.75) is 45.1 Å². The van der Waals surface area contributed by atoms with E-state index >= 15 is 0 Å². The van der Waals surface area contributed by atoms with E-state index in [0.29, 0.717) is 37.3 Å². The number of carbonyl (C=O) groups excluding carboxylic acids is 3. The number of likely N-dealkylation sites (tertiary alicyclic amines) is 1. The summed E-state index contributed by atoms with van der Waals surface area (Å²) in [5.41, 5.74) is 1.70. The van der Waals surface area contributed by atoms with Crippen LogP contribution in [-0.4, -0.2) is 48.3 Å². The molecule has 0 spiro atoms. The molecule has 1 saturated heterocycles. The molecule has 0 unspecified atom stereocenters. The van der Waals surface area contributed by atoms with Crippen molar-refractivity contribution in [3.8, 4) is 0 Å². The van der Waals surface area contributed by atoms with Crippen LogP contribution in [0.25, 0.3) is 0 Å². The maximum Gasteiger partial charge on any atom is 0.289 e. The molecule has 0 radical (unpaired) electrons. The molecule has 7 heteroatoms. The minimum absolute atomic E-state index is 0.0128. The van der Waals surface area contributed by atoms with Gasteiger partial charge < -0.3 is 20.0 Å². The van der Waals surface area contributed by atoms with Crippen LogP contribution in [0, 0.1) is 0 Å². The van der Waals surface area contributed by atoms with Gasteiger partial charge in [0.1, 0.15) is 0 Å². The monoisotopic (exact) mass is 411 g/mol. The van der Waals surface area contributed by atoms with Gasteiger partial charge in [0, 0.05) is 24.7 Å². The van der Waals surface area contributed by atoms with Crippen LogP contribution in [0.4, 0.5) is 0 Å². The van der Waals surface area contributed by atoms with Crippen LogP contribution in [0.1, 0.15) is 60.1 Å². The van der Waals surface area contributed by atoms with Crippen molar-refractivity contribution in [3.05, 3.63) is 59.5 Å². The Morgan fingerprint density at radius 1 is 1.07 bits per heavy atom. The number of amides is 3. The van der Waals surface area contributed by atoms with Gasteiger partial charge in [-0.3, -0.25) is 14.4 Å². The van der Waals surface area contributed by atoms with E-state index in [1.165, 1.54) is 6.26 Å². The molecule has 1 aliphatic heterocycles. The van der Waals surface area contributed by atoms with Crippen LogP contribution >= 0.6 is 0 Å². The van der Waals surface area contributed by atoms with Gasteiger partial charge in [-0.15, -0.1) is 0 Å². The fourth-order valence-corrected chi connectivity index (χ4v) is 3.45. The molecule has 7 nitrogen and oxygen atoms in total. The molecule has 3 rings (SSSR count). The largest absolute Gasteiger partial charge is 0.459 e. The van der Waals surface area contributed by atoms with E-state index in [2.05, 4.69) is 31.4 Å². The normalized spacial score (nSPS) is 15.0. The molecule has 0 saturated carbocycles. The van der Waals surface area contributed by atoms with Crippen molar-refractivity contribution in [2.24, 2.45) is 0 Å². The number of furan rings is 1. The molecular formula is C23H29N3O4. The topological polar surface area (TPSA) is 91.7 Å². The Labute approximate surface area is 176 Å². The summed E-state index contributed by atoms with van der Waals surface area (Å²) >= 11 is 0. The lowest BCUT2D eigenvalue weighted by atomic mass is 9.87. The summed E-state index contributed by atoms with van der Waals surface area (Å²) in [5, 5.41) is 5.60. The van der Waals surface area contributed by atoms with E-state index in [4.69, 9.17) is 4.42 Å². The van der Waals surface area contributed by atoms with E-state index in [1.54, 1.807) is 29.2 Å². The molecule has 0 bridgehead atoms. The first kappa shape index (κ1) is 21.6. The van der Waals surface area contributed by atoms with Crippen molar-refractivity contribution >= 4 is 17.7 Å². The molecule has 160 valence electrons. The molecule has 1 aromatic carbocycles. The Balaban J connectivity index is 1.41. The van der Waals surface area contributed by atoms with E-state index < -0.39 is 0 Å². The number of carbonyl (C=O) groups is 3. The third kappa shape index (κ3) is 5.49. The van der Waals surface area contributed by atoms with Crippen molar-refractivity contribution < 1.29 is 18.8 Å². The maximum atomic E-state index is 12.3. The molecule has 0 atom stereocenters. The van der Waals surface area contributed by atoms with Crippen LogP contribution in [-0.2, 0) is 10.2 Å². The van der Waals surface area contributed by atoms with Crippen LogP contribution < -0.4 is 10.6 Å². The highest BCUT2D eigenvalue weighted by atomic mass is 16.3. The fourth-order valence-electron chi connectivity index (χ4n) is 3.45. The quantitative estimate of drug-likeness (QED) is 0.791. The number of benzene rings is 1. The SMILES string of the molecule is CC(C)(C)c1ccc(C(=O)NCC(=O)NC2CCN(C(=O)c3ccco3)CC2)cc1. The minimum atomic E-state index is -0.274. The average Bonchev–Trinajstić information content (AvgIpc) is 3.26. The van der Waals surface area contributed by atoms with Gasteiger partial charge in [0.05, 0.1) is 12.8 Å². The Bertz CT molecular complexity index is 874. The minimum Gasteiger partial charge on any atom is -0.459 e. The Kier molecular flexibility index (Phi) is 6.59. The van der Waals surface area contributed by atoms with Gasteiger partial charge in [-0.1, -0.05) is 32.9 Å². The Morgan fingerprint density at radius 2 is 1.73 bits per heavy atom. The molecule has 1 aliphatic rings. The van der Waals surface area contributed by atoms with E-state index in [9.17, 15) is 14.4 Å². The van der Waals surface area contributed by atoms with Crippen molar-refractivity contribution in [3.63, 3.8) is 0 Å². The van der Waals surface area contributed by atoms with Crippen molar-refractivity contribution in [1.29, 1.82) is 0 Å². The van der Waals surface area contributed by atoms with E-state index in [-0.39, 0.29) is 35.7 Å². The molecule has 2 aromatic rings. The number of hydrogen-bond acceptors (Lipinski definition) is 4. The van der Waals surface area contributed by atoms with Crippen LogP contribution in [0.2, 0.25) is 0 Å². The van der Waals surface area contributed by atoms with Gasteiger partial charge in [-0.05, 0) is 48.1 Å². The predicted octanol–water partition coefficient (Wildman–Crippen LogP) is 2.73. The van der Waals surface area contributed by atoms with Gasteiger partial charge in [-0.2, -0.15) is 0 Å². The first-order chi connectivity index (χ1) is 14.2. The second-order valence-corrected chi connectivity index (χ2v) is 8.62. The molecule has 3 amide bonds. The van der Waals surface area contributed by atoms with Crippen molar-refractivity contribution in [2.75, 3.05) is 19.6 Å². The second kappa shape index (κ2) is 9.15. The van der Waals surface area contributed by atoms with Gasteiger partial charge >= 0.3 is 0 Å². The second-order valence-electron chi connectivity index (χ2n) is 8.62. The lowest BCUT2D eigenvalue weighted by molar-refractivity contribution is -0.121. The predicted molar refractivity (Wildman–Crippen MR) is 113 cm³/mol. The summed E-state index contributed by atoms with van der Waals surface area (Å²) in [5.74, 6) is -0.305. The average molecular weight is 412 g/mol. The Hall–Kier alpha value is -3.09. The number of rotatable bonds is 5. The van der Waals surface area contributed by atoms with Crippen LogP contribution in [0.5, 0.6) is 0 Å². The lowest BCUT2D eigenvalue weighted by Gasteiger charge is -2.31. The number of nitrogens with one attached hydrogen (secondary N) is 2. The highest BCUT2D eigenvalue weighted by Crippen LogP contribution is 2.22. The molecule has 2 N–H and O–H groups in total. The van der Waals surface area contributed by atoms with Gasteiger partial charge in [0.25, 0.3) is 11.8 Å². The zero-order valence-electron chi connectivity index (χ0n) is 17.7. The van der Waals surface area contributed by atoms with Crippen LogP contribution in [0.15, 0.2) is 47.1 Å². The van der Waals surface area contributed by atoms with Crippen LogP contribution in [0.3, 0.4) is 0 Å². The zero-order valence-corrected chi connectivity index (χ0v) is 17.7. The molecule has 0 aliphatic carbocycles. The van der Waals surface area contributed by atoms with E-state index in [0.717, 1.165) is 5.56 Å². The molecule has 2 heterocycles. The highest BCUT2D eigenvalue weighted by molar-refractivity contribution is 5.96. The fraction of sp³-hybridized carbons (Fsp3) is 0.435. The first-order valence-corrected chi connectivity index (χ1v) is 10.2. The molecular weight excluding hydrogens is 382 g/mol. The molecule has 1 fully saturated rings. The van der Waals surface area contributed by atoms with Crippen molar-refractivity contribution in [1.82, 2.24) is 15.5 Å². The van der Waals surface area contributed by atoms with Gasteiger partial charge in [0.15, 0.2) is 5.76 Å². The highest BCUT2D eigenvalue weighted by Gasteiger charge is 2.25. The first-order valence-electron chi connectivity index (χ1n) is 10.2. The standard InChI is InChI=1S/C23H29N3O4/c1-23(2,3)17-8-6-16(7-9-17)21(28)24-15-20(27)25-18-10-12-26(13-11-18)22(29)19-5-4-14-30-19/h4-9,14,18H,10-13,15H2,1-3H3,(H,24,28)(H,25,27). The zero-order chi connectivity index (χ0) is 21.7. The number of nitrogens with zero attached hydrogens (tertiary/aromatic N) is 1. The van der Waals surface area contributed by atoms with Gasteiger partial charge in [0.2, 0.25) is 5.91 Å². The number of piperidine rings is 1. The molecule has 30 heavy (non-hydrogen) atoms. The Morgan fingerprint density at radius 3 is 2.30 bits per heavy atom. The molecule has 1 aromatic heterocycles. The summed E-state index contributed by atoms with van der Waals surface area (Å²) in [6.07, 6.45) is 2.81. The maximum absolute atomic E-state index is 12.3.